The van der Waals surface area contributed by atoms with Crippen LogP contribution in [0.5, 0.6) is 5.75 Å². The minimum atomic E-state index is -0.882. The van der Waals surface area contributed by atoms with Crippen molar-refractivity contribution >= 4 is 23.5 Å². The number of anilines is 1. The Morgan fingerprint density at radius 3 is 2.18 bits per heavy atom. The maximum absolute atomic E-state index is 13.2. The number of carbonyl (C=O) groups excluding carboxylic acids is 3. The number of amides is 2. The molecule has 2 aliphatic heterocycles. The van der Waals surface area contributed by atoms with Crippen molar-refractivity contribution in [1.29, 1.82) is 0 Å². The number of hydrogen-bond donors (Lipinski definition) is 1. The second kappa shape index (κ2) is 7.09. The van der Waals surface area contributed by atoms with Gasteiger partial charge in [0.1, 0.15) is 11.8 Å². The highest BCUT2D eigenvalue weighted by molar-refractivity contribution is 6.23. The van der Waals surface area contributed by atoms with E-state index in [4.69, 9.17) is 9.47 Å². The van der Waals surface area contributed by atoms with Crippen molar-refractivity contribution in [2.24, 2.45) is 11.8 Å². The Hall–Kier alpha value is -3.19. The van der Waals surface area contributed by atoms with Crippen molar-refractivity contribution < 1.29 is 23.9 Å². The van der Waals surface area contributed by atoms with Crippen LogP contribution in [0.4, 0.5) is 5.69 Å². The Labute approximate surface area is 162 Å². The Morgan fingerprint density at radius 1 is 0.929 bits per heavy atom. The number of para-hydroxylation sites is 1. The first kappa shape index (κ1) is 18.2. The quantitative estimate of drug-likeness (QED) is 0.642. The Bertz CT molecular complexity index is 912. The van der Waals surface area contributed by atoms with Crippen LogP contribution in [-0.4, -0.2) is 38.0 Å². The van der Waals surface area contributed by atoms with Crippen molar-refractivity contribution in [3.8, 4) is 5.75 Å². The molecular formula is C21H20N2O5. The SMILES string of the molecule is COC(=O)[C@@H]1N[C@H](c2ccc(OC)cc2)[C@@H]2C(=O)N(c3ccccc3)C(=O)[C@@H]21. The molecule has 144 valence electrons. The molecule has 4 atom stereocenters. The molecule has 2 amide bonds. The van der Waals surface area contributed by atoms with Gasteiger partial charge in [-0.3, -0.25) is 19.7 Å². The molecule has 28 heavy (non-hydrogen) atoms. The van der Waals surface area contributed by atoms with Gasteiger partial charge >= 0.3 is 5.97 Å². The summed E-state index contributed by atoms with van der Waals surface area (Å²) in [6.07, 6.45) is 0. The molecule has 2 aromatic carbocycles. The van der Waals surface area contributed by atoms with Gasteiger partial charge < -0.3 is 9.47 Å². The van der Waals surface area contributed by atoms with Crippen molar-refractivity contribution in [1.82, 2.24) is 5.32 Å². The maximum atomic E-state index is 13.2. The third-order valence-corrected chi connectivity index (χ3v) is 5.42. The summed E-state index contributed by atoms with van der Waals surface area (Å²) in [5.74, 6) is -2.08. The normalized spacial score (nSPS) is 26.3. The van der Waals surface area contributed by atoms with Gasteiger partial charge in [-0.25, -0.2) is 4.90 Å². The molecule has 7 heteroatoms. The molecule has 0 aromatic heterocycles. The van der Waals surface area contributed by atoms with Crippen LogP contribution >= 0.6 is 0 Å². The van der Waals surface area contributed by atoms with Gasteiger partial charge in [0, 0.05) is 6.04 Å². The van der Waals surface area contributed by atoms with Crippen LogP contribution in [0.25, 0.3) is 0 Å². The molecule has 0 saturated carbocycles. The van der Waals surface area contributed by atoms with Crippen LogP contribution in [0.3, 0.4) is 0 Å². The van der Waals surface area contributed by atoms with Crippen LogP contribution in [0.2, 0.25) is 0 Å². The van der Waals surface area contributed by atoms with E-state index in [2.05, 4.69) is 5.32 Å². The Morgan fingerprint density at radius 2 is 1.57 bits per heavy atom. The lowest BCUT2D eigenvalue weighted by molar-refractivity contribution is -0.145. The summed E-state index contributed by atoms with van der Waals surface area (Å²) in [6, 6.07) is 14.6. The highest BCUT2D eigenvalue weighted by atomic mass is 16.5. The molecule has 0 unspecified atom stereocenters. The summed E-state index contributed by atoms with van der Waals surface area (Å²) >= 11 is 0. The number of nitrogens with one attached hydrogen (secondary N) is 1. The van der Waals surface area contributed by atoms with Crippen molar-refractivity contribution in [2.45, 2.75) is 12.1 Å². The fraction of sp³-hybridized carbons (Fsp3) is 0.286. The molecule has 2 aromatic rings. The summed E-state index contributed by atoms with van der Waals surface area (Å²) in [5.41, 5.74) is 1.31. The smallest absolute Gasteiger partial charge is 0.323 e. The molecule has 2 saturated heterocycles. The molecule has 0 radical (unpaired) electrons. The predicted molar refractivity (Wildman–Crippen MR) is 101 cm³/mol. The lowest BCUT2D eigenvalue weighted by Gasteiger charge is -2.22. The highest BCUT2D eigenvalue weighted by Gasteiger charge is 2.61. The van der Waals surface area contributed by atoms with Gasteiger partial charge in [-0.05, 0) is 29.8 Å². The fourth-order valence-corrected chi connectivity index (χ4v) is 4.10. The zero-order valence-electron chi connectivity index (χ0n) is 15.5. The highest BCUT2D eigenvalue weighted by Crippen LogP contribution is 2.45. The fourth-order valence-electron chi connectivity index (χ4n) is 4.10. The summed E-state index contributed by atoms with van der Waals surface area (Å²) in [5, 5.41) is 3.15. The molecule has 2 aliphatic rings. The van der Waals surface area contributed by atoms with Crippen LogP contribution in [-0.2, 0) is 19.1 Å². The Kier molecular flexibility index (Phi) is 4.60. The zero-order valence-corrected chi connectivity index (χ0v) is 15.5. The lowest BCUT2D eigenvalue weighted by atomic mass is 9.86. The first-order chi connectivity index (χ1) is 13.6. The number of methoxy groups -OCH3 is 2. The van der Waals surface area contributed by atoms with Gasteiger partial charge in [0.15, 0.2) is 0 Å². The monoisotopic (exact) mass is 380 g/mol. The van der Waals surface area contributed by atoms with Gasteiger partial charge in [-0.1, -0.05) is 30.3 Å². The third kappa shape index (κ3) is 2.75. The number of ether oxygens (including phenoxy) is 2. The summed E-state index contributed by atoms with van der Waals surface area (Å²) in [4.78, 5) is 39.9. The van der Waals surface area contributed by atoms with Crippen LogP contribution < -0.4 is 15.0 Å². The Balaban J connectivity index is 1.75. The van der Waals surface area contributed by atoms with Crippen LogP contribution in [0, 0.1) is 11.8 Å². The number of benzene rings is 2. The average molecular weight is 380 g/mol. The van der Waals surface area contributed by atoms with Gasteiger partial charge in [-0.2, -0.15) is 0 Å². The second-order valence-corrected chi connectivity index (χ2v) is 6.82. The van der Waals surface area contributed by atoms with E-state index >= 15 is 0 Å². The molecule has 1 N–H and O–H groups in total. The second-order valence-electron chi connectivity index (χ2n) is 6.82. The standard InChI is InChI=1S/C21H20N2O5/c1-27-14-10-8-12(9-11-14)17-15-16(18(22-17)21(26)28-2)20(25)23(19(15)24)13-6-4-3-5-7-13/h3-11,15-18,22H,1-2H3/t15-,16+,17-,18-/m1/s1. The van der Waals surface area contributed by atoms with Crippen LogP contribution in [0.1, 0.15) is 11.6 Å². The molecule has 0 aliphatic carbocycles. The minimum Gasteiger partial charge on any atom is -0.497 e. The van der Waals surface area contributed by atoms with Crippen LogP contribution in [0.15, 0.2) is 54.6 Å². The number of imide groups is 1. The van der Waals surface area contributed by atoms with E-state index in [1.54, 1.807) is 43.5 Å². The number of carbonyl (C=O) groups is 3. The first-order valence-corrected chi connectivity index (χ1v) is 8.97. The summed E-state index contributed by atoms with van der Waals surface area (Å²) in [7, 11) is 2.85. The summed E-state index contributed by atoms with van der Waals surface area (Å²) in [6.45, 7) is 0. The molecule has 4 rings (SSSR count). The van der Waals surface area contributed by atoms with E-state index in [1.807, 2.05) is 18.2 Å². The van der Waals surface area contributed by atoms with E-state index in [1.165, 1.54) is 12.0 Å². The molecule has 2 heterocycles. The van der Waals surface area contributed by atoms with Gasteiger partial charge in [-0.15, -0.1) is 0 Å². The molecule has 2 fully saturated rings. The van der Waals surface area contributed by atoms with Gasteiger partial charge in [0.2, 0.25) is 11.8 Å². The first-order valence-electron chi connectivity index (χ1n) is 8.97. The number of nitrogens with zero attached hydrogens (tertiary/aromatic N) is 1. The van der Waals surface area contributed by atoms with E-state index in [-0.39, 0.29) is 11.8 Å². The van der Waals surface area contributed by atoms with Crippen molar-refractivity contribution in [3.05, 3.63) is 60.2 Å². The minimum absolute atomic E-state index is 0.319. The van der Waals surface area contributed by atoms with E-state index in [0.717, 1.165) is 5.56 Å². The van der Waals surface area contributed by atoms with Crippen molar-refractivity contribution in [2.75, 3.05) is 19.1 Å². The third-order valence-electron chi connectivity index (χ3n) is 5.42. The average Bonchev–Trinajstić information content (AvgIpc) is 3.25. The number of fused-ring (bicyclic) bond motifs is 1. The summed E-state index contributed by atoms with van der Waals surface area (Å²) < 4.78 is 10.1. The van der Waals surface area contributed by atoms with E-state index < -0.39 is 29.9 Å². The molecular weight excluding hydrogens is 360 g/mol. The predicted octanol–water partition coefficient (Wildman–Crippen LogP) is 1.69. The van der Waals surface area contributed by atoms with E-state index in [9.17, 15) is 14.4 Å². The van der Waals surface area contributed by atoms with Gasteiger partial charge in [0.05, 0.1) is 31.7 Å². The number of rotatable bonds is 4. The van der Waals surface area contributed by atoms with Gasteiger partial charge in [0.25, 0.3) is 0 Å². The number of hydrogen-bond acceptors (Lipinski definition) is 6. The zero-order chi connectivity index (χ0) is 19.8. The topological polar surface area (TPSA) is 84.9 Å². The van der Waals surface area contributed by atoms with Crippen molar-refractivity contribution in [3.63, 3.8) is 0 Å². The largest absolute Gasteiger partial charge is 0.497 e. The lowest BCUT2D eigenvalue weighted by Crippen LogP contribution is -2.43. The molecule has 7 nitrogen and oxygen atoms in total. The number of esters is 1. The molecule has 0 spiro atoms. The maximum Gasteiger partial charge on any atom is 0.323 e. The van der Waals surface area contributed by atoms with E-state index in [0.29, 0.717) is 11.4 Å². The molecule has 0 bridgehead atoms.